The maximum Gasteiger partial charge on any atom is 0.322 e. The Balaban J connectivity index is 0.000000231. The lowest BCUT2D eigenvalue weighted by atomic mass is 10.2. The van der Waals surface area contributed by atoms with E-state index in [9.17, 15) is 76.7 Å². The predicted octanol–water partition coefficient (Wildman–Crippen LogP) is -0.631. The number of nitrogens with two attached hydrogens (primary N) is 7. The Kier molecular flexibility index (Phi) is 44.1. The summed E-state index contributed by atoms with van der Waals surface area (Å²) >= 11 is 7.47. The van der Waals surface area contributed by atoms with E-state index in [0.29, 0.717) is 117 Å². The highest BCUT2D eigenvalue weighted by Gasteiger charge is 2.37. The van der Waals surface area contributed by atoms with Crippen LogP contribution in [0.25, 0.3) is 0 Å². The van der Waals surface area contributed by atoms with E-state index in [1.807, 2.05) is 75.8 Å². The van der Waals surface area contributed by atoms with E-state index < -0.39 is 65.7 Å². The number of likely N-dealkylation sites (tertiary alicyclic amines) is 2. The lowest BCUT2D eigenvalue weighted by Gasteiger charge is -2.26. The number of nitrogen functional groups attached to an aromatic ring is 7. The molecule has 0 aliphatic carbocycles. The second-order valence-electron chi connectivity index (χ2n) is 25.9. The molecule has 0 aromatic carbocycles. The van der Waals surface area contributed by atoms with Gasteiger partial charge in [-0.1, -0.05) is 12.1 Å². The molecule has 3 unspecified atom stereocenters. The van der Waals surface area contributed by atoms with Gasteiger partial charge in [0.25, 0.3) is 82.7 Å². The van der Waals surface area contributed by atoms with Crippen LogP contribution in [-0.2, 0) is 36.9 Å². The molecule has 14 amide bonds. The number of hydrogen-bond donors (Lipinski definition) is 21. The van der Waals surface area contributed by atoms with Gasteiger partial charge in [0.1, 0.15) is 18.8 Å². The minimum atomic E-state index is -1.13. The fourth-order valence-electron chi connectivity index (χ4n) is 10.6. The van der Waals surface area contributed by atoms with Crippen molar-refractivity contribution < 1.29 is 101 Å². The van der Waals surface area contributed by atoms with E-state index >= 15 is 0 Å². The number of thiophene rings is 7. The van der Waals surface area contributed by atoms with Gasteiger partial charge in [0.05, 0.1) is 100 Å². The average molecular weight is 1910 g/mol. The summed E-state index contributed by atoms with van der Waals surface area (Å²) in [6.45, 7) is 5.30. The number of carbonyl (C=O) groups is 16. The Hall–Kier alpha value is -12.8. The number of likely N-dealkylation sites (N-methyl/N-ethyl adjacent to an activating group) is 1. The molecule has 46 nitrogen and oxygen atoms in total. The number of pyridine rings is 2. The zero-order valence-electron chi connectivity index (χ0n) is 68.6. The molecule has 0 saturated carbocycles. The fraction of sp³-hybridized carbons (Fsp3) is 0.280. The molecule has 3 atom stereocenters. The number of aliphatic carboxylic acids is 2. The molecule has 9 aromatic rings. The molecule has 12 rings (SSSR count). The highest BCUT2D eigenvalue weighted by molar-refractivity contribution is 7.18. The molecule has 686 valence electrons. The maximum atomic E-state index is 12.4. The summed E-state index contributed by atoms with van der Waals surface area (Å²) < 4.78 is 15.8. The van der Waals surface area contributed by atoms with Gasteiger partial charge >= 0.3 is 11.9 Å². The minimum Gasteiger partial charge on any atom is -0.481 e. The average Bonchev–Trinajstić information content (AvgIpc) is 1.70. The van der Waals surface area contributed by atoms with Crippen molar-refractivity contribution in [2.45, 2.75) is 44.2 Å². The smallest absolute Gasteiger partial charge is 0.322 e. The molecule has 28 N–H and O–H groups in total. The normalized spacial score (nSPS) is 14.0. The summed E-state index contributed by atoms with van der Waals surface area (Å²) in [5, 5.41) is 28.6. The van der Waals surface area contributed by atoms with Gasteiger partial charge < -0.3 is 60.4 Å². The number of hydrazine groups is 8. The summed E-state index contributed by atoms with van der Waals surface area (Å²) in [6, 6.07) is 31.4. The highest BCUT2D eigenvalue weighted by Crippen LogP contribution is 2.26. The number of rotatable bonds is 27. The Morgan fingerprint density at radius 1 is 0.414 bits per heavy atom. The summed E-state index contributed by atoms with van der Waals surface area (Å²) in [6.07, 6.45) is 5.60. The Morgan fingerprint density at radius 2 is 0.773 bits per heavy atom. The van der Waals surface area contributed by atoms with Crippen LogP contribution in [0.2, 0.25) is 0 Å². The van der Waals surface area contributed by atoms with Crippen molar-refractivity contribution in [3.63, 3.8) is 0 Å². The standard InChI is InChI=1S/C12H18N4O2S.2C12H12N4O2S.C12H17N3O4S.C10H14N4O3S.C9H11N3O4S.C8H9N3O4S/c1-15(2)8-5-6-16(7-8)12(18)10-4-3-9(19-10)11(17)14-13;13-16-12(18)10-4-3-9(19-10)11(17)15-7-8-2-1-5-14-6-8;13-16-12(18)10-5-4-9(19-10)11(17)15-7-8-3-1-2-6-14-8;1-18-7-5-15(6-8(7)19-2)12(17)10-4-3-9(20-10)11(16)14-13;11-12-9(15)7-1-2-8(18-7)10(16)13-14-3-5-17-6-4-14;10-12-9(16)6-2-1-5(17-6)8(15)11-4-3-7(13)14;9-11-8(15)5-2-1-4(16-5)7(14)10-3-6(12)13/h3-4,8H,5-7,13H2,1-2H3,(H,14,17);2*1-6H,7,13H2,(H,15,17)(H,16,18);3-4,7-8H,5-6,13H2,1-2H3,(H,14,16);1-2H,3-6,11H2,(H,12,15)(H,13,16);1-2H,3-4,10H2,(H,11,15)(H,12,16)(H,13,14);1-2H,3,9H2,(H,10,14)(H,11,15)(H,12,13). The van der Waals surface area contributed by atoms with Crippen molar-refractivity contribution >= 4 is 174 Å². The fourth-order valence-corrected chi connectivity index (χ4v) is 16.5. The molecule has 9 aromatic heterocycles. The van der Waals surface area contributed by atoms with Crippen LogP contribution >= 0.6 is 79.4 Å². The summed E-state index contributed by atoms with van der Waals surface area (Å²) in [5.41, 5.74) is 18.5. The number of carboxylic acid groups (broad SMARTS) is 2. The van der Waals surface area contributed by atoms with Gasteiger partial charge in [-0.05, 0) is 129 Å². The monoisotopic (exact) mass is 1900 g/mol. The molecule has 3 aliphatic heterocycles. The van der Waals surface area contributed by atoms with Crippen molar-refractivity contribution in [1.82, 2.24) is 94.4 Å². The number of ether oxygens (including phenoxy) is 3. The van der Waals surface area contributed by atoms with Gasteiger partial charge in [-0.2, -0.15) is 0 Å². The first-order valence-electron chi connectivity index (χ1n) is 37.4. The van der Waals surface area contributed by atoms with E-state index in [1.54, 1.807) is 109 Å². The van der Waals surface area contributed by atoms with Crippen molar-refractivity contribution in [3.8, 4) is 0 Å². The predicted molar refractivity (Wildman–Crippen MR) is 473 cm³/mol. The van der Waals surface area contributed by atoms with E-state index in [0.717, 1.165) is 98.8 Å². The second-order valence-corrected chi connectivity index (χ2v) is 33.5. The van der Waals surface area contributed by atoms with Crippen LogP contribution in [0.5, 0.6) is 0 Å². The quantitative estimate of drug-likeness (QED) is 0.0173. The topological polar surface area (TPSA) is 707 Å². The molecule has 12 heterocycles. The Bertz CT molecular complexity index is 5130. The van der Waals surface area contributed by atoms with Crippen LogP contribution < -0.4 is 106 Å². The largest absolute Gasteiger partial charge is 0.481 e. The van der Waals surface area contributed by atoms with E-state index in [1.165, 1.54) is 35.6 Å². The number of nitrogens with zero attached hydrogens (tertiary/aromatic N) is 6. The summed E-state index contributed by atoms with van der Waals surface area (Å²) in [4.78, 5) is 202. The number of nitrogens with one attached hydrogen (secondary N) is 12. The van der Waals surface area contributed by atoms with E-state index in [4.69, 9.17) is 65.3 Å². The summed E-state index contributed by atoms with van der Waals surface area (Å²) in [5.74, 6) is 28.2. The van der Waals surface area contributed by atoms with Gasteiger partial charge in [-0.15, -0.1) is 79.4 Å². The van der Waals surface area contributed by atoms with Crippen LogP contribution in [0.15, 0.2) is 134 Å². The lowest BCUT2D eigenvalue weighted by Crippen LogP contribution is -2.48. The molecular formula is C75H93N25O21S7. The van der Waals surface area contributed by atoms with Gasteiger partial charge in [-0.25, -0.2) is 45.9 Å². The maximum absolute atomic E-state index is 12.4. The molecule has 0 radical (unpaired) electrons. The lowest BCUT2D eigenvalue weighted by molar-refractivity contribution is -0.137. The van der Waals surface area contributed by atoms with Gasteiger partial charge in [0, 0.05) is 91.2 Å². The van der Waals surface area contributed by atoms with Crippen LogP contribution in [0.4, 0.5) is 0 Å². The highest BCUT2D eigenvalue weighted by atomic mass is 32.1. The van der Waals surface area contributed by atoms with Crippen molar-refractivity contribution in [2.24, 2.45) is 40.9 Å². The second kappa shape index (κ2) is 54.3. The van der Waals surface area contributed by atoms with Gasteiger partial charge in [0.15, 0.2) is 0 Å². The zero-order chi connectivity index (χ0) is 93.9. The molecule has 0 bridgehead atoms. The van der Waals surface area contributed by atoms with Crippen LogP contribution in [0.3, 0.4) is 0 Å². The van der Waals surface area contributed by atoms with E-state index in [-0.39, 0.29) is 70.4 Å². The van der Waals surface area contributed by atoms with Crippen LogP contribution in [-0.4, -0.2) is 247 Å². The van der Waals surface area contributed by atoms with E-state index in [2.05, 4.69) is 47.0 Å². The Labute approximate surface area is 757 Å². The van der Waals surface area contributed by atoms with Crippen LogP contribution in [0.1, 0.15) is 160 Å². The Morgan fingerprint density at radius 3 is 1.12 bits per heavy atom. The number of carboxylic acids is 2. The number of hydrogen-bond acceptors (Lipinski definition) is 37. The van der Waals surface area contributed by atoms with Crippen LogP contribution in [0, 0.1) is 0 Å². The number of carbonyl (C=O) groups excluding carboxylic acids is 14. The first-order chi connectivity index (χ1) is 61.3. The number of aromatic nitrogens is 2. The SMILES string of the molecule is CN(C)C1CCN(C(=O)c2ccc(C(=O)NN)s2)C1.COC1CN(C(=O)c2ccc(C(=O)NN)s2)CC1OC.NNC(=O)c1ccc(C(=O)NCC(=O)O)s1.NNC(=O)c1ccc(C(=O)NCCC(=O)O)s1.NNC(=O)c1ccc(C(=O)NCc2ccccn2)s1.NNC(=O)c1ccc(C(=O)NCc2cccnc2)s1.NNC(=O)c1ccc(C(=O)NN2CCOCC2)s1. The van der Waals surface area contributed by atoms with Crippen molar-refractivity contribution in [3.05, 3.63) is 213 Å². The molecular weight excluding hydrogens is 1810 g/mol. The van der Waals surface area contributed by atoms with Gasteiger partial charge in [0.2, 0.25) is 0 Å². The third-order valence-electron chi connectivity index (χ3n) is 17.2. The van der Waals surface area contributed by atoms with Crippen molar-refractivity contribution in [2.75, 3.05) is 93.9 Å². The molecule has 3 aliphatic rings. The molecule has 3 fully saturated rings. The molecule has 128 heavy (non-hydrogen) atoms. The molecule has 0 spiro atoms. The number of methoxy groups -OCH3 is 2. The minimum absolute atomic E-state index is 0.00887. The van der Waals surface area contributed by atoms with Gasteiger partial charge in [-0.3, -0.25) is 130 Å². The molecule has 3 saturated heterocycles. The first kappa shape index (κ1) is 104. The summed E-state index contributed by atoms with van der Waals surface area (Å²) in [7, 11) is 7.24. The number of morpholine rings is 1. The third kappa shape index (κ3) is 33.5. The van der Waals surface area contributed by atoms with Crippen molar-refractivity contribution in [1.29, 1.82) is 0 Å². The first-order valence-corrected chi connectivity index (χ1v) is 43.1. The zero-order valence-corrected chi connectivity index (χ0v) is 74.3. The number of amides is 14. The third-order valence-corrected chi connectivity index (χ3v) is 24.7. The molecule has 53 heteroatoms.